The van der Waals surface area contributed by atoms with Gasteiger partial charge < -0.3 is 9.64 Å². The smallest absolute Gasteiger partial charge is 0.300 e. The molecule has 1 aromatic carbocycles. The van der Waals surface area contributed by atoms with E-state index in [4.69, 9.17) is 27.9 Å². The Labute approximate surface area is 169 Å². The molecule has 1 saturated heterocycles. The predicted molar refractivity (Wildman–Crippen MR) is 105 cm³/mol. The first-order valence-electron chi connectivity index (χ1n) is 7.77. The van der Waals surface area contributed by atoms with Gasteiger partial charge in [0.1, 0.15) is 16.1 Å². The molecule has 0 spiro atoms. The van der Waals surface area contributed by atoms with Crippen molar-refractivity contribution >= 4 is 55.9 Å². The lowest BCUT2D eigenvalue weighted by atomic mass is 10.3. The van der Waals surface area contributed by atoms with Crippen LogP contribution in [0.4, 0.5) is 11.4 Å². The highest BCUT2D eigenvalue weighted by atomic mass is 35.5. The molecule has 1 atom stereocenters. The number of benzene rings is 1. The summed E-state index contributed by atoms with van der Waals surface area (Å²) < 4.78 is 32.8. The number of nitrogens with one attached hydrogen (secondary N) is 1. The molecule has 3 rings (SSSR count). The largest absolute Gasteiger partial charge is 0.487 e. The Morgan fingerprint density at radius 1 is 1.37 bits per heavy atom. The van der Waals surface area contributed by atoms with Crippen molar-refractivity contribution in [1.82, 2.24) is 4.90 Å². The normalized spacial score (nSPS) is 17.8. The molecule has 1 aliphatic rings. The van der Waals surface area contributed by atoms with Crippen molar-refractivity contribution in [3.05, 3.63) is 43.7 Å². The SMILES string of the molecule is CN1CCC(Oc2cc(NS(=O)(=O)c3cc([N+](=O)[O-])c(Cl)s3)ccc2Cl)C1. The number of nitro groups is 1. The number of hydrogen-bond acceptors (Lipinski definition) is 7. The second-order valence-corrected chi connectivity index (χ2v) is 9.99. The summed E-state index contributed by atoms with van der Waals surface area (Å²) in [5, 5.41) is 11.2. The highest BCUT2D eigenvalue weighted by Gasteiger charge is 2.26. The van der Waals surface area contributed by atoms with Gasteiger partial charge in [-0.05, 0) is 25.6 Å². The van der Waals surface area contributed by atoms with E-state index in [1.165, 1.54) is 18.2 Å². The molecule has 0 radical (unpaired) electrons. The highest BCUT2D eigenvalue weighted by molar-refractivity contribution is 7.94. The van der Waals surface area contributed by atoms with Crippen molar-refractivity contribution in [2.24, 2.45) is 0 Å². The van der Waals surface area contributed by atoms with Crippen LogP contribution in [-0.4, -0.2) is 44.5 Å². The summed E-state index contributed by atoms with van der Waals surface area (Å²) in [5.74, 6) is 0.368. The minimum Gasteiger partial charge on any atom is -0.487 e. The summed E-state index contributed by atoms with van der Waals surface area (Å²) in [6.45, 7) is 1.66. The van der Waals surface area contributed by atoms with Crippen molar-refractivity contribution in [1.29, 1.82) is 0 Å². The number of halogens is 2. The molecule has 1 aliphatic heterocycles. The molecule has 1 fully saturated rings. The molecule has 0 amide bonds. The van der Waals surface area contributed by atoms with Crippen LogP contribution in [-0.2, 0) is 10.0 Å². The number of nitrogens with zero attached hydrogens (tertiary/aromatic N) is 2. The van der Waals surface area contributed by atoms with Gasteiger partial charge in [0, 0.05) is 25.2 Å². The Bertz CT molecular complexity index is 980. The number of hydrogen-bond donors (Lipinski definition) is 1. The van der Waals surface area contributed by atoms with Gasteiger partial charge in [-0.15, -0.1) is 11.3 Å². The van der Waals surface area contributed by atoms with Gasteiger partial charge in [0.15, 0.2) is 4.34 Å². The monoisotopic (exact) mass is 451 g/mol. The molecular formula is C15H15Cl2N3O5S2. The Balaban J connectivity index is 1.81. The first-order chi connectivity index (χ1) is 12.7. The first kappa shape index (κ1) is 20.2. The molecule has 2 heterocycles. The van der Waals surface area contributed by atoms with Gasteiger partial charge in [-0.1, -0.05) is 23.2 Å². The molecule has 2 aromatic rings. The van der Waals surface area contributed by atoms with Gasteiger partial charge in [0.25, 0.3) is 15.7 Å². The first-order valence-corrected chi connectivity index (χ1v) is 10.8. The zero-order valence-corrected chi connectivity index (χ0v) is 17.2. The lowest BCUT2D eigenvalue weighted by Crippen LogP contribution is -2.21. The zero-order chi connectivity index (χ0) is 19.8. The second kappa shape index (κ2) is 7.80. The van der Waals surface area contributed by atoms with Gasteiger partial charge in [0.05, 0.1) is 15.6 Å². The number of anilines is 1. The molecule has 0 aliphatic carbocycles. The summed E-state index contributed by atoms with van der Waals surface area (Å²) >= 11 is 12.5. The summed E-state index contributed by atoms with van der Waals surface area (Å²) in [5.41, 5.74) is -0.222. The third-order valence-electron chi connectivity index (χ3n) is 3.93. The molecule has 0 saturated carbocycles. The molecular weight excluding hydrogens is 437 g/mol. The van der Waals surface area contributed by atoms with Crippen molar-refractivity contribution in [3.63, 3.8) is 0 Å². The number of ether oxygens (including phenoxy) is 1. The van der Waals surface area contributed by atoms with Gasteiger partial charge in [-0.3, -0.25) is 14.8 Å². The van der Waals surface area contributed by atoms with Gasteiger partial charge >= 0.3 is 0 Å². The third-order valence-corrected chi connectivity index (χ3v) is 7.44. The van der Waals surface area contributed by atoms with E-state index in [9.17, 15) is 18.5 Å². The average molecular weight is 452 g/mol. The van der Waals surface area contributed by atoms with E-state index in [1.54, 1.807) is 0 Å². The lowest BCUT2D eigenvalue weighted by molar-refractivity contribution is -0.384. The summed E-state index contributed by atoms with van der Waals surface area (Å²) in [6.07, 6.45) is 0.818. The fraction of sp³-hybridized carbons (Fsp3) is 0.333. The maximum Gasteiger partial charge on any atom is 0.300 e. The number of thiophene rings is 1. The molecule has 1 N–H and O–H groups in total. The Morgan fingerprint density at radius 2 is 2.11 bits per heavy atom. The van der Waals surface area contributed by atoms with Crippen LogP contribution >= 0.6 is 34.5 Å². The van der Waals surface area contributed by atoms with Crippen LogP contribution in [0.15, 0.2) is 28.5 Å². The zero-order valence-electron chi connectivity index (χ0n) is 14.0. The predicted octanol–water partition coefficient (Wildman–Crippen LogP) is 3.85. The molecule has 27 heavy (non-hydrogen) atoms. The van der Waals surface area contributed by atoms with Crippen LogP contribution in [0.3, 0.4) is 0 Å². The van der Waals surface area contributed by atoms with Crippen LogP contribution in [0.2, 0.25) is 9.36 Å². The Morgan fingerprint density at radius 3 is 2.70 bits per heavy atom. The summed E-state index contributed by atoms with van der Waals surface area (Å²) in [7, 11) is -2.05. The van der Waals surface area contributed by atoms with Crippen molar-refractivity contribution in [2.45, 2.75) is 16.7 Å². The van der Waals surface area contributed by atoms with Gasteiger partial charge in [-0.25, -0.2) is 8.42 Å². The van der Waals surface area contributed by atoms with Crippen LogP contribution < -0.4 is 9.46 Å². The summed E-state index contributed by atoms with van der Waals surface area (Å²) in [4.78, 5) is 12.3. The van der Waals surface area contributed by atoms with E-state index < -0.39 is 20.6 Å². The Hall–Kier alpha value is -1.59. The molecule has 8 nitrogen and oxygen atoms in total. The third kappa shape index (κ3) is 4.64. The van der Waals surface area contributed by atoms with Gasteiger partial charge in [0.2, 0.25) is 0 Å². The maximum absolute atomic E-state index is 12.5. The van der Waals surface area contributed by atoms with E-state index >= 15 is 0 Å². The standard InChI is InChI=1S/C15H15Cl2N3O5S2/c1-19-5-4-10(8-19)25-13-6-9(2-3-11(13)16)18-27(23,24)14-7-12(20(21)22)15(17)26-14/h2-3,6-7,10,18H,4-5,8H2,1H3. The van der Waals surface area contributed by atoms with E-state index in [0.29, 0.717) is 22.1 Å². The molecule has 0 bridgehead atoms. The minimum absolute atomic E-state index is 0.0295. The number of likely N-dealkylation sites (tertiary alicyclic amines) is 1. The van der Waals surface area contributed by atoms with Crippen molar-refractivity contribution < 1.29 is 18.1 Å². The maximum atomic E-state index is 12.5. The quantitative estimate of drug-likeness (QED) is 0.528. The van der Waals surface area contributed by atoms with Crippen molar-refractivity contribution in [3.8, 4) is 5.75 Å². The fourth-order valence-electron chi connectivity index (χ4n) is 2.63. The lowest BCUT2D eigenvalue weighted by Gasteiger charge is -2.16. The van der Waals surface area contributed by atoms with E-state index in [-0.39, 0.29) is 20.3 Å². The molecule has 1 unspecified atom stereocenters. The molecule has 146 valence electrons. The summed E-state index contributed by atoms with van der Waals surface area (Å²) in [6, 6.07) is 5.42. The topological polar surface area (TPSA) is 102 Å². The van der Waals surface area contributed by atoms with E-state index in [1.807, 2.05) is 7.05 Å². The minimum atomic E-state index is -4.04. The van der Waals surface area contributed by atoms with Crippen LogP contribution in [0, 0.1) is 10.1 Å². The van der Waals surface area contributed by atoms with Crippen LogP contribution in [0.5, 0.6) is 5.75 Å². The average Bonchev–Trinajstić information content (AvgIpc) is 3.16. The highest BCUT2D eigenvalue weighted by Crippen LogP contribution is 2.37. The van der Waals surface area contributed by atoms with Crippen molar-refractivity contribution in [2.75, 3.05) is 24.9 Å². The molecule has 12 heteroatoms. The number of sulfonamides is 1. The Kier molecular flexibility index (Phi) is 5.82. The van der Waals surface area contributed by atoms with Crippen LogP contribution in [0.1, 0.15) is 6.42 Å². The second-order valence-electron chi connectivity index (χ2n) is 6.02. The number of rotatable bonds is 6. The van der Waals surface area contributed by atoms with E-state index in [0.717, 1.165) is 25.6 Å². The molecule has 1 aromatic heterocycles. The van der Waals surface area contributed by atoms with Gasteiger partial charge in [-0.2, -0.15) is 0 Å². The van der Waals surface area contributed by atoms with E-state index in [2.05, 4.69) is 9.62 Å². The van der Waals surface area contributed by atoms with Crippen LogP contribution in [0.25, 0.3) is 0 Å². The number of likely N-dealkylation sites (N-methyl/N-ethyl adjacent to an activating group) is 1. The fourth-order valence-corrected chi connectivity index (χ4v) is 5.50.